The molecule has 1 aliphatic heterocycles. The Morgan fingerprint density at radius 3 is 2.47 bits per heavy atom. The maximum absolute atomic E-state index is 11.5. The molecule has 4 heteroatoms. The third-order valence-electron chi connectivity index (χ3n) is 3.04. The minimum absolute atomic E-state index is 0.0672. The van der Waals surface area contributed by atoms with Crippen LogP contribution in [0.1, 0.15) is 51.9 Å². The number of hydroxylamine groups is 2. The Morgan fingerprint density at radius 1 is 1.12 bits per heavy atom. The van der Waals surface area contributed by atoms with Gasteiger partial charge in [-0.2, -0.15) is 0 Å². The number of carbonyl (C=O) groups is 1. The van der Waals surface area contributed by atoms with Gasteiger partial charge in [-0.1, -0.05) is 39.0 Å². The third kappa shape index (κ3) is 7.34. The van der Waals surface area contributed by atoms with Gasteiger partial charge in [0.2, 0.25) is 0 Å². The molecule has 1 fully saturated rings. The zero-order valence-corrected chi connectivity index (χ0v) is 11.0. The van der Waals surface area contributed by atoms with E-state index in [9.17, 15) is 4.79 Å². The first kappa shape index (κ1) is 14.5. The molecule has 1 N–H and O–H groups in total. The minimum atomic E-state index is -0.0672. The summed E-state index contributed by atoms with van der Waals surface area (Å²) < 4.78 is 0. The number of rotatable bonds is 8. The monoisotopic (exact) mass is 242 g/mol. The lowest BCUT2D eigenvalue weighted by molar-refractivity contribution is -0.192. The van der Waals surface area contributed by atoms with Crippen molar-refractivity contribution in [2.24, 2.45) is 0 Å². The van der Waals surface area contributed by atoms with Crippen molar-refractivity contribution in [3.8, 4) is 0 Å². The van der Waals surface area contributed by atoms with Crippen molar-refractivity contribution < 1.29 is 9.63 Å². The highest BCUT2D eigenvalue weighted by molar-refractivity contribution is 5.68. The van der Waals surface area contributed by atoms with E-state index >= 15 is 0 Å². The molecule has 1 saturated heterocycles. The van der Waals surface area contributed by atoms with Gasteiger partial charge in [0.05, 0.1) is 0 Å². The highest BCUT2D eigenvalue weighted by Gasteiger charge is 2.13. The van der Waals surface area contributed by atoms with Crippen LogP contribution >= 0.6 is 0 Å². The Bertz CT molecular complexity index is 204. The van der Waals surface area contributed by atoms with Gasteiger partial charge in [-0.15, -0.1) is 5.06 Å². The topological polar surface area (TPSA) is 41.6 Å². The van der Waals surface area contributed by atoms with Crippen molar-refractivity contribution in [1.82, 2.24) is 10.4 Å². The van der Waals surface area contributed by atoms with Gasteiger partial charge in [0.25, 0.3) is 0 Å². The van der Waals surface area contributed by atoms with Gasteiger partial charge in [-0.05, 0) is 6.42 Å². The smallest absolute Gasteiger partial charge is 0.325 e. The highest BCUT2D eigenvalue weighted by Crippen LogP contribution is 2.08. The molecule has 0 aromatic carbocycles. The van der Waals surface area contributed by atoms with Crippen molar-refractivity contribution in [3.05, 3.63) is 0 Å². The van der Waals surface area contributed by atoms with Gasteiger partial charge < -0.3 is 10.2 Å². The summed E-state index contributed by atoms with van der Waals surface area (Å²) in [7, 11) is 0. The summed E-state index contributed by atoms with van der Waals surface area (Å²) in [6.07, 6.45) is 7.80. The van der Waals surface area contributed by atoms with E-state index in [4.69, 9.17) is 4.84 Å². The SMILES string of the molecule is CCCCCCCCC(=O)ON1CCNCC1. The Kier molecular flexibility index (Phi) is 8.01. The largest absolute Gasteiger partial charge is 0.368 e. The lowest BCUT2D eigenvalue weighted by Crippen LogP contribution is -2.44. The first-order valence-electron chi connectivity index (χ1n) is 6.99. The third-order valence-corrected chi connectivity index (χ3v) is 3.04. The minimum Gasteiger partial charge on any atom is -0.368 e. The summed E-state index contributed by atoms with van der Waals surface area (Å²) in [6, 6.07) is 0. The number of piperazine rings is 1. The first-order valence-corrected chi connectivity index (χ1v) is 6.99. The summed E-state index contributed by atoms with van der Waals surface area (Å²) in [6.45, 7) is 5.64. The molecule has 0 unspecified atom stereocenters. The molecule has 0 radical (unpaired) electrons. The van der Waals surface area contributed by atoms with Gasteiger partial charge in [0.15, 0.2) is 0 Å². The fourth-order valence-corrected chi connectivity index (χ4v) is 1.97. The van der Waals surface area contributed by atoms with E-state index in [1.54, 1.807) is 5.06 Å². The van der Waals surface area contributed by atoms with E-state index in [-0.39, 0.29) is 5.97 Å². The van der Waals surface area contributed by atoms with E-state index in [0.29, 0.717) is 6.42 Å². The molecule has 1 rings (SSSR count). The molecule has 0 aromatic heterocycles. The number of unbranched alkanes of at least 4 members (excludes halogenated alkanes) is 5. The summed E-state index contributed by atoms with van der Waals surface area (Å²) in [5.74, 6) is -0.0672. The number of carbonyl (C=O) groups excluding carboxylic acids is 1. The Morgan fingerprint density at radius 2 is 1.76 bits per heavy atom. The van der Waals surface area contributed by atoms with E-state index in [1.165, 1.54) is 25.7 Å². The predicted octanol–water partition coefficient (Wildman–Crippen LogP) is 2.10. The molecule has 0 saturated carbocycles. The maximum atomic E-state index is 11.5. The van der Waals surface area contributed by atoms with Crippen LogP contribution in [0.15, 0.2) is 0 Å². The normalized spacial score (nSPS) is 17.0. The molecular formula is C13H26N2O2. The van der Waals surface area contributed by atoms with Gasteiger partial charge in [-0.3, -0.25) is 4.79 Å². The number of nitrogens with zero attached hydrogens (tertiary/aromatic N) is 1. The molecule has 17 heavy (non-hydrogen) atoms. The van der Waals surface area contributed by atoms with E-state index < -0.39 is 0 Å². The van der Waals surface area contributed by atoms with Gasteiger partial charge in [-0.25, -0.2) is 0 Å². The summed E-state index contributed by atoms with van der Waals surface area (Å²) in [5, 5.41) is 5.00. The van der Waals surface area contributed by atoms with Crippen LogP contribution in [0.5, 0.6) is 0 Å². The molecule has 1 aliphatic rings. The molecule has 0 aromatic rings. The summed E-state index contributed by atoms with van der Waals surface area (Å²) in [5.41, 5.74) is 0. The van der Waals surface area contributed by atoms with Crippen molar-refractivity contribution in [2.45, 2.75) is 51.9 Å². The van der Waals surface area contributed by atoms with Crippen LogP contribution in [0, 0.1) is 0 Å². The fourth-order valence-electron chi connectivity index (χ4n) is 1.97. The van der Waals surface area contributed by atoms with Crippen molar-refractivity contribution in [1.29, 1.82) is 0 Å². The van der Waals surface area contributed by atoms with E-state index in [0.717, 1.165) is 39.0 Å². The van der Waals surface area contributed by atoms with E-state index in [2.05, 4.69) is 12.2 Å². The standard InChI is InChI=1S/C13H26N2O2/c1-2-3-4-5-6-7-8-13(16)17-15-11-9-14-10-12-15/h14H,2-12H2,1H3. The second-order valence-electron chi connectivity index (χ2n) is 4.66. The van der Waals surface area contributed by atoms with Crippen molar-refractivity contribution >= 4 is 5.97 Å². The molecular weight excluding hydrogens is 216 g/mol. The fraction of sp³-hybridized carbons (Fsp3) is 0.923. The Balaban J connectivity index is 1.93. The van der Waals surface area contributed by atoms with Crippen LogP contribution in [0.25, 0.3) is 0 Å². The maximum Gasteiger partial charge on any atom is 0.325 e. The van der Waals surface area contributed by atoms with Crippen LogP contribution in [-0.4, -0.2) is 37.2 Å². The number of nitrogens with one attached hydrogen (secondary N) is 1. The molecule has 0 bridgehead atoms. The summed E-state index contributed by atoms with van der Waals surface area (Å²) in [4.78, 5) is 16.8. The van der Waals surface area contributed by atoms with Crippen LogP contribution in [0.4, 0.5) is 0 Å². The molecule has 0 atom stereocenters. The Hall–Kier alpha value is -0.610. The quantitative estimate of drug-likeness (QED) is 0.662. The second kappa shape index (κ2) is 9.42. The molecule has 0 aliphatic carbocycles. The molecule has 1 heterocycles. The van der Waals surface area contributed by atoms with E-state index in [1.807, 2.05) is 0 Å². The van der Waals surface area contributed by atoms with Crippen molar-refractivity contribution in [2.75, 3.05) is 26.2 Å². The molecule has 0 amide bonds. The lowest BCUT2D eigenvalue weighted by atomic mass is 10.1. The van der Waals surface area contributed by atoms with Crippen LogP contribution in [0.3, 0.4) is 0 Å². The lowest BCUT2D eigenvalue weighted by Gasteiger charge is -2.25. The van der Waals surface area contributed by atoms with Crippen molar-refractivity contribution in [3.63, 3.8) is 0 Å². The zero-order chi connectivity index (χ0) is 12.3. The van der Waals surface area contributed by atoms with Gasteiger partial charge in [0, 0.05) is 32.6 Å². The number of hydrogen-bond donors (Lipinski definition) is 1. The summed E-state index contributed by atoms with van der Waals surface area (Å²) >= 11 is 0. The average Bonchev–Trinajstić information content (AvgIpc) is 2.35. The van der Waals surface area contributed by atoms with Crippen LogP contribution in [-0.2, 0) is 9.63 Å². The predicted molar refractivity (Wildman–Crippen MR) is 68.5 cm³/mol. The molecule has 4 nitrogen and oxygen atoms in total. The Labute approximate surface area is 105 Å². The average molecular weight is 242 g/mol. The first-order chi connectivity index (χ1) is 8.33. The highest BCUT2D eigenvalue weighted by atomic mass is 16.7. The molecule has 0 spiro atoms. The number of hydrogen-bond acceptors (Lipinski definition) is 4. The van der Waals surface area contributed by atoms with Gasteiger partial charge in [0.1, 0.15) is 0 Å². The second-order valence-corrected chi connectivity index (χ2v) is 4.66. The molecule has 100 valence electrons. The van der Waals surface area contributed by atoms with Gasteiger partial charge >= 0.3 is 5.97 Å². The van der Waals surface area contributed by atoms with Crippen LogP contribution < -0.4 is 5.32 Å². The zero-order valence-electron chi connectivity index (χ0n) is 11.0. The van der Waals surface area contributed by atoms with Crippen LogP contribution in [0.2, 0.25) is 0 Å².